The number of methoxy groups -OCH3 is 2. The molecule has 7 heteroatoms. The van der Waals surface area contributed by atoms with Crippen molar-refractivity contribution >= 4 is 5.91 Å². The van der Waals surface area contributed by atoms with Crippen LogP contribution in [0.5, 0.6) is 11.5 Å². The van der Waals surface area contributed by atoms with E-state index in [1.807, 2.05) is 60.7 Å². The third-order valence-corrected chi connectivity index (χ3v) is 5.55. The Bertz CT molecular complexity index is 1220. The Morgan fingerprint density at radius 3 is 2.61 bits per heavy atom. The number of fused-ring (bicyclic) bond motifs is 1. The minimum absolute atomic E-state index is 0.135. The summed E-state index contributed by atoms with van der Waals surface area (Å²) in [6.45, 7) is 0.322. The molecule has 5 rings (SSSR count). The number of aromatic nitrogens is 2. The highest BCUT2D eigenvalue weighted by Crippen LogP contribution is 2.46. The highest BCUT2D eigenvalue weighted by molar-refractivity contribution is 6.00. The van der Waals surface area contributed by atoms with E-state index in [9.17, 15) is 4.79 Å². The van der Waals surface area contributed by atoms with E-state index in [1.54, 1.807) is 25.4 Å². The highest BCUT2D eigenvalue weighted by Gasteiger charge is 2.43. The molecule has 1 unspecified atom stereocenters. The molecule has 2 aromatic heterocycles. The van der Waals surface area contributed by atoms with Crippen molar-refractivity contribution in [3.05, 3.63) is 89.5 Å². The smallest absolute Gasteiger partial charge is 0.273 e. The van der Waals surface area contributed by atoms with E-state index in [4.69, 9.17) is 13.9 Å². The molecule has 7 nitrogen and oxygen atoms in total. The zero-order valence-corrected chi connectivity index (χ0v) is 17.2. The van der Waals surface area contributed by atoms with Crippen molar-refractivity contribution in [3.8, 4) is 22.8 Å². The molecule has 1 aliphatic heterocycles. The number of carbonyl (C=O) groups is 1. The third kappa shape index (κ3) is 3.15. The molecule has 0 fully saturated rings. The van der Waals surface area contributed by atoms with Crippen molar-refractivity contribution in [3.63, 3.8) is 0 Å². The molecule has 3 heterocycles. The molecule has 0 spiro atoms. The minimum Gasteiger partial charge on any atom is -0.497 e. The van der Waals surface area contributed by atoms with E-state index in [2.05, 4.69) is 10.2 Å². The lowest BCUT2D eigenvalue weighted by molar-refractivity contribution is 0.0715. The molecule has 1 aliphatic rings. The fourth-order valence-corrected chi connectivity index (χ4v) is 4.11. The minimum atomic E-state index is -0.401. The Morgan fingerprint density at radius 2 is 1.90 bits per heavy atom. The molecule has 1 N–H and O–H groups in total. The second-order valence-corrected chi connectivity index (χ2v) is 7.25. The predicted octanol–water partition coefficient (Wildman–Crippen LogP) is 4.43. The van der Waals surface area contributed by atoms with Gasteiger partial charge >= 0.3 is 0 Å². The fraction of sp³-hybridized carbons (Fsp3) is 0.167. The van der Waals surface area contributed by atoms with Gasteiger partial charge in [-0.3, -0.25) is 9.89 Å². The predicted molar refractivity (Wildman–Crippen MR) is 114 cm³/mol. The third-order valence-electron chi connectivity index (χ3n) is 5.55. The lowest BCUT2D eigenvalue weighted by atomic mass is 9.95. The van der Waals surface area contributed by atoms with E-state index in [1.165, 1.54) is 0 Å². The maximum atomic E-state index is 13.4. The van der Waals surface area contributed by atoms with Crippen LogP contribution < -0.4 is 9.47 Å². The molecule has 1 amide bonds. The van der Waals surface area contributed by atoms with E-state index in [0.29, 0.717) is 29.5 Å². The van der Waals surface area contributed by atoms with Gasteiger partial charge in [0.1, 0.15) is 23.0 Å². The number of amides is 1. The van der Waals surface area contributed by atoms with Crippen molar-refractivity contribution in [1.82, 2.24) is 15.1 Å². The first kappa shape index (κ1) is 19.0. The first-order valence-corrected chi connectivity index (χ1v) is 9.90. The molecule has 4 aromatic rings. The van der Waals surface area contributed by atoms with E-state index < -0.39 is 6.04 Å². The number of aromatic amines is 1. The molecular formula is C24H21N3O4. The molecule has 156 valence electrons. The summed E-state index contributed by atoms with van der Waals surface area (Å²) < 4.78 is 16.6. The average Bonchev–Trinajstić information content (AvgIpc) is 3.54. The van der Waals surface area contributed by atoms with Crippen LogP contribution in [0, 0.1) is 0 Å². The lowest BCUT2D eigenvalue weighted by Gasteiger charge is -2.27. The van der Waals surface area contributed by atoms with Gasteiger partial charge in [0, 0.05) is 22.8 Å². The fourth-order valence-electron chi connectivity index (χ4n) is 4.11. The first-order valence-electron chi connectivity index (χ1n) is 9.90. The number of furan rings is 1. The van der Waals surface area contributed by atoms with Crippen molar-refractivity contribution in [2.45, 2.75) is 12.6 Å². The van der Waals surface area contributed by atoms with Gasteiger partial charge < -0.3 is 18.8 Å². The largest absolute Gasteiger partial charge is 0.497 e. The van der Waals surface area contributed by atoms with Gasteiger partial charge in [0.05, 0.1) is 38.8 Å². The van der Waals surface area contributed by atoms with Crippen LogP contribution in [0.2, 0.25) is 0 Å². The molecule has 31 heavy (non-hydrogen) atoms. The van der Waals surface area contributed by atoms with Crippen LogP contribution in [0.25, 0.3) is 11.3 Å². The van der Waals surface area contributed by atoms with E-state index in [0.717, 1.165) is 22.4 Å². The highest BCUT2D eigenvalue weighted by atomic mass is 16.5. The second kappa shape index (κ2) is 7.68. The number of hydrogen-bond acceptors (Lipinski definition) is 5. The molecule has 1 atom stereocenters. The number of H-pyrrole nitrogens is 1. The average molecular weight is 415 g/mol. The molecular weight excluding hydrogens is 394 g/mol. The van der Waals surface area contributed by atoms with Gasteiger partial charge in [0.2, 0.25) is 0 Å². The number of carbonyl (C=O) groups excluding carboxylic acids is 1. The zero-order chi connectivity index (χ0) is 21.4. The summed E-state index contributed by atoms with van der Waals surface area (Å²) in [6.07, 6.45) is 1.61. The first-order chi connectivity index (χ1) is 15.2. The molecule has 0 aliphatic carbocycles. The quantitative estimate of drug-likeness (QED) is 0.504. The van der Waals surface area contributed by atoms with E-state index >= 15 is 0 Å². The molecule has 0 saturated heterocycles. The van der Waals surface area contributed by atoms with Gasteiger partial charge in [0.15, 0.2) is 0 Å². The maximum Gasteiger partial charge on any atom is 0.273 e. The number of hydrogen-bond donors (Lipinski definition) is 1. The normalized spacial score (nSPS) is 15.2. The van der Waals surface area contributed by atoms with Crippen LogP contribution in [0.4, 0.5) is 0 Å². The molecule has 2 aromatic carbocycles. The Balaban J connectivity index is 1.69. The Morgan fingerprint density at radius 1 is 1.06 bits per heavy atom. The lowest BCUT2D eigenvalue weighted by Crippen LogP contribution is -2.29. The Labute approximate surface area is 179 Å². The summed E-state index contributed by atoms with van der Waals surface area (Å²) in [4.78, 5) is 15.2. The van der Waals surface area contributed by atoms with Gasteiger partial charge in [0.25, 0.3) is 5.91 Å². The van der Waals surface area contributed by atoms with Gasteiger partial charge in [-0.15, -0.1) is 0 Å². The summed E-state index contributed by atoms with van der Waals surface area (Å²) in [6, 6.07) is 18.7. The standard InChI is InChI=1S/C24H21N3O4/c1-29-16-10-11-18(19(13-16)30-2)23-20-21(15-7-4-3-5-8-15)25-26-22(20)24(28)27(23)14-17-9-6-12-31-17/h3-13,23H,14H2,1-2H3,(H,25,26). The number of ether oxygens (including phenoxy) is 2. The van der Waals surface area contributed by atoms with Crippen molar-refractivity contribution in [2.75, 3.05) is 14.2 Å². The van der Waals surface area contributed by atoms with Crippen LogP contribution in [0.1, 0.15) is 33.4 Å². The Kier molecular flexibility index (Phi) is 4.71. The van der Waals surface area contributed by atoms with Gasteiger partial charge in [-0.25, -0.2) is 0 Å². The molecule has 0 bridgehead atoms. The van der Waals surface area contributed by atoms with Crippen LogP contribution in [-0.2, 0) is 6.54 Å². The summed E-state index contributed by atoms with van der Waals surface area (Å²) in [7, 11) is 3.22. The summed E-state index contributed by atoms with van der Waals surface area (Å²) >= 11 is 0. The summed E-state index contributed by atoms with van der Waals surface area (Å²) in [5.74, 6) is 1.88. The maximum absolute atomic E-state index is 13.4. The van der Waals surface area contributed by atoms with Crippen molar-refractivity contribution in [2.24, 2.45) is 0 Å². The number of nitrogens with one attached hydrogen (secondary N) is 1. The van der Waals surface area contributed by atoms with Crippen molar-refractivity contribution in [1.29, 1.82) is 0 Å². The molecule has 0 radical (unpaired) electrons. The van der Waals surface area contributed by atoms with Gasteiger partial charge in [-0.2, -0.15) is 5.10 Å². The van der Waals surface area contributed by atoms with Crippen LogP contribution in [0.3, 0.4) is 0 Å². The zero-order valence-electron chi connectivity index (χ0n) is 17.2. The summed E-state index contributed by atoms with van der Waals surface area (Å²) in [5.41, 5.74) is 3.83. The SMILES string of the molecule is COc1ccc(C2c3c(-c4ccccc4)n[nH]c3C(=O)N2Cc2ccco2)c(OC)c1. The van der Waals surface area contributed by atoms with E-state index in [-0.39, 0.29) is 5.91 Å². The summed E-state index contributed by atoms with van der Waals surface area (Å²) in [5, 5.41) is 7.46. The van der Waals surface area contributed by atoms with Crippen LogP contribution in [-0.4, -0.2) is 35.2 Å². The van der Waals surface area contributed by atoms with Crippen molar-refractivity contribution < 1.29 is 18.7 Å². The topological polar surface area (TPSA) is 80.6 Å². The monoisotopic (exact) mass is 415 g/mol. The second-order valence-electron chi connectivity index (χ2n) is 7.25. The van der Waals surface area contributed by atoms with Crippen LogP contribution >= 0.6 is 0 Å². The van der Waals surface area contributed by atoms with Crippen LogP contribution in [0.15, 0.2) is 71.3 Å². The number of nitrogens with zero attached hydrogens (tertiary/aromatic N) is 2. The number of benzene rings is 2. The Hall–Kier alpha value is -4.00. The van der Waals surface area contributed by atoms with Gasteiger partial charge in [-0.05, 0) is 24.3 Å². The number of rotatable bonds is 6. The van der Waals surface area contributed by atoms with Gasteiger partial charge in [-0.1, -0.05) is 30.3 Å². The molecule has 0 saturated carbocycles.